The van der Waals surface area contributed by atoms with E-state index in [1.165, 1.54) is 0 Å². The summed E-state index contributed by atoms with van der Waals surface area (Å²) in [5, 5.41) is 6.37. The number of nitrogens with one attached hydrogen (secondary N) is 2. The normalized spacial score (nSPS) is 25.0. The summed E-state index contributed by atoms with van der Waals surface area (Å²) >= 11 is 0. The fourth-order valence-electron chi connectivity index (χ4n) is 4.61. The number of likely N-dealkylation sites (N-methyl/N-ethyl adjacent to an activating group) is 1. The summed E-state index contributed by atoms with van der Waals surface area (Å²) in [6.07, 6.45) is 4.36. The Morgan fingerprint density at radius 1 is 1.31 bits per heavy atom. The molecule has 160 valence electrons. The Balaban J connectivity index is 1.36. The lowest BCUT2D eigenvalue weighted by Gasteiger charge is -2.34. The van der Waals surface area contributed by atoms with Crippen molar-refractivity contribution in [2.24, 2.45) is 5.41 Å². The summed E-state index contributed by atoms with van der Waals surface area (Å²) in [5.41, 5.74) is 0.538. The zero-order valence-corrected chi connectivity index (χ0v) is 17.8. The van der Waals surface area contributed by atoms with E-state index in [-0.39, 0.29) is 22.8 Å². The van der Waals surface area contributed by atoms with Gasteiger partial charge in [-0.3, -0.25) is 4.79 Å². The van der Waals surface area contributed by atoms with Gasteiger partial charge in [0.1, 0.15) is 11.3 Å². The van der Waals surface area contributed by atoms with E-state index < -0.39 is 5.63 Å². The molecule has 0 spiro atoms. The van der Waals surface area contributed by atoms with Crippen LogP contribution in [-0.2, 0) is 0 Å². The monoisotopic (exact) mass is 402 g/mol. The van der Waals surface area contributed by atoms with E-state index in [1.54, 1.807) is 0 Å². The first kappa shape index (κ1) is 20.6. The van der Waals surface area contributed by atoms with Crippen LogP contribution >= 0.6 is 0 Å². The predicted octanol–water partition coefficient (Wildman–Crippen LogP) is 1.17. The predicted molar refractivity (Wildman–Crippen MR) is 112 cm³/mol. The summed E-state index contributed by atoms with van der Waals surface area (Å²) in [5.74, 6) is 0.616. The van der Waals surface area contributed by atoms with Crippen LogP contribution in [0.4, 0.5) is 0 Å². The topological polar surface area (TPSA) is 77.8 Å². The molecule has 0 bridgehead atoms. The third kappa shape index (κ3) is 4.90. The average molecular weight is 403 g/mol. The summed E-state index contributed by atoms with van der Waals surface area (Å²) in [6, 6.07) is 1.88. The Bertz CT molecular complexity index is 788. The molecule has 3 fully saturated rings. The van der Waals surface area contributed by atoms with Gasteiger partial charge in [0.05, 0.1) is 0 Å². The molecule has 2 saturated heterocycles. The lowest BCUT2D eigenvalue weighted by molar-refractivity contribution is 0.0922. The zero-order chi connectivity index (χ0) is 20.4. The van der Waals surface area contributed by atoms with Crippen molar-refractivity contribution < 1.29 is 9.21 Å². The maximum absolute atomic E-state index is 12.8. The Labute approximate surface area is 172 Å². The van der Waals surface area contributed by atoms with E-state index >= 15 is 0 Å². The van der Waals surface area contributed by atoms with E-state index in [4.69, 9.17) is 4.42 Å². The van der Waals surface area contributed by atoms with Crippen molar-refractivity contribution in [3.05, 3.63) is 33.4 Å². The van der Waals surface area contributed by atoms with Gasteiger partial charge in [-0.1, -0.05) is 0 Å². The number of hydrogen-bond donors (Lipinski definition) is 2. The van der Waals surface area contributed by atoms with E-state index in [0.29, 0.717) is 17.9 Å². The Morgan fingerprint density at radius 2 is 2.07 bits per heavy atom. The molecule has 2 aliphatic heterocycles. The second-order valence-corrected chi connectivity index (χ2v) is 9.30. The minimum absolute atomic E-state index is 0.160. The number of piperazine rings is 1. The van der Waals surface area contributed by atoms with Gasteiger partial charge in [-0.25, -0.2) is 4.79 Å². The van der Waals surface area contributed by atoms with E-state index in [9.17, 15) is 9.59 Å². The SMILES string of the molecule is Cc1cc(C2CCCNC2)oc(=O)c1C(=O)NCC1(CN2CCN(C)CC2)CC1. The van der Waals surface area contributed by atoms with Crippen LogP contribution in [0.5, 0.6) is 0 Å². The molecule has 1 aromatic rings. The van der Waals surface area contributed by atoms with Crippen LogP contribution in [0.15, 0.2) is 15.3 Å². The van der Waals surface area contributed by atoms with Gasteiger partial charge in [-0.05, 0) is 57.8 Å². The highest BCUT2D eigenvalue weighted by atomic mass is 16.4. The molecular weight excluding hydrogens is 368 g/mol. The number of piperidine rings is 1. The number of carbonyl (C=O) groups is 1. The second-order valence-electron chi connectivity index (χ2n) is 9.30. The van der Waals surface area contributed by atoms with E-state index in [1.807, 2.05) is 13.0 Å². The molecule has 1 aromatic heterocycles. The third-order valence-electron chi connectivity index (χ3n) is 6.83. The Morgan fingerprint density at radius 3 is 2.69 bits per heavy atom. The standard InChI is InChI=1S/C22H34N4O3/c1-16-12-18(17-4-3-7-23-13-17)29-21(28)19(16)20(27)24-14-22(5-6-22)15-26-10-8-25(2)9-11-26/h12,17,23H,3-11,13-15H2,1-2H3,(H,24,27). The van der Waals surface area contributed by atoms with Gasteiger partial charge in [-0.15, -0.1) is 0 Å². The van der Waals surface area contributed by atoms with E-state index in [2.05, 4.69) is 27.5 Å². The van der Waals surface area contributed by atoms with Gasteiger partial charge in [-0.2, -0.15) is 0 Å². The molecule has 0 radical (unpaired) electrons. The maximum Gasteiger partial charge on any atom is 0.349 e. The van der Waals surface area contributed by atoms with Crippen LogP contribution in [0.1, 0.15) is 53.3 Å². The highest BCUT2D eigenvalue weighted by Gasteiger charge is 2.44. The highest BCUT2D eigenvalue weighted by molar-refractivity contribution is 5.95. The number of aryl methyl sites for hydroxylation is 1. The minimum Gasteiger partial charge on any atom is -0.427 e. The van der Waals surface area contributed by atoms with Crippen molar-refractivity contribution in [1.29, 1.82) is 0 Å². The van der Waals surface area contributed by atoms with Crippen molar-refractivity contribution in [3.63, 3.8) is 0 Å². The first-order valence-electron chi connectivity index (χ1n) is 11.0. The second kappa shape index (κ2) is 8.58. The first-order chi connectivity index (χ1) is 14.0. The number of rotatable bonds is 6. The van der Waals surface area contributed by atoms with Gasteiger partial charge >= 0.3 is 5.63 Å². The zero-order valence-electron chi connectivity index (χ0n) is 17.8. The molecule has 7 nitrogen and oxygen atoms in total. The summed E-state index contributed by atoms with van der Waals surface area (Å²) in [7, 11) is 2.16. The molecule has 7 heteroatoms. The van der Waals surface area contributed by atoms with Crippen LogP contribution in [0.2, 0.25) is 0 Å². The lowest BCUT2D eigenvalue weighted by Crippen LogP contribution is -2.48. The Hall–Kier alpha value is -1.70. The number of hydrogen-bond acceptors (Lipinski definition) is 6. The molecule has 3 aliphatic rings. The third-order valence-corrected chi connectivity index (χ3v) is 6.83. The molecule has 4 rings (SSSR count). The molecule has 1 aliphatic carbocycles. The van der Waals surface area contributed by atoms with Crippen molar-refractivity contribution in [1.82, 2.24) is 20.4 Å². The molecule has 3 heterocycles. The number of nitrogens with zero attached hydrogens (tertiary/aromatic N) is 2. The van der Waals surface area contributed by atoms with Gasteiger partial charge < -0.3 is 24.9 Å². The molecule has 2 N–H and O–H groups in total. The molecule has 1 atom stereocenters. The van der Waals surface area contributed by atoms with Crippen molar-refractivity contribution in [3.8, 4) is 0 Å². The van der Waals surface area contributed by atoms with Crippen molar-refractivity contribution >= 4 is 5.91 Å². The number of amides is 1. The lowest BCUT2D eigenvalue weighted by atomic mass is 9.95. The van der Waals surface area contributed by atoms with Gasteiger partial charge in [0.25, 0.3) is 5.91 Å². The van der Waals surface area contributed by atoms with Gasteiger partial charge in [0.15, 0.2) is 0 Å². The smallest absolute Gasteiger partial charge is 0.349 e. The maximum atomic E-state index is 12.8. The fraction of sp³-hybridized carbons (Fsp3) is 0.727. The summed E-state index contributed by atoms with van der Waals surface area (Å²) in [4.78, 5) is 30.2. The van der Waals surface area contributed by atoms with Crippen molar-refractivity contribution in [2.75, 3.05) is 59.4 Å². The average Bonchev–Trinajstić information content (AvgIpc) is 3.48. The van der Waals surface area contributed by atoms with Crippen LogP contribution in [-0.4, -0.2) is 75.1 Å². The summed E-state index contributed by atoms with van der Waals surface area (Å²) < 4.78 is 5.56. The number of carbonyl (C=O) groups excluding carboxylic acids is 1. The molecule has 1 amide bonds. The van der Waals surface area contributed by atoms with Gasteiger partial charge in [0, 0.05) is 57.1 Å². The fourth-order valence-corrected chi connectivity index (χ4v) is 4.61. The molecule has 1 saturated carbocycles. The molecule has 1 unspecified atom stereocenters. The summed E-state index contributed by atoms with van der Waals surface area (Å²) in [6.45, 7) is 9.71. The van der Waals surface area contributed by atoms with Crippen LogP contribution in [0.3, 0.4) is 0 Å². The van der Waals surface area contributed by atoms with Crippen LogP contribution in [0, 0.1) is 12.3 Å². The molecule has 0 aromatic carbocycles. The largest absolute Gasteiger partial charge is 0.427 e. The molecule has 29 heavy (non-hydrogen) atoms. The van der Waals surface area contributed by atoms with Gasteiger partial charge in [0.2, 0.25) is 0 Å². The molecular formula is C22H34N4O3. The van der Waals surface area contributed by atoms with Crippen molar-refractivity contribution in [2.45, 2.75) is 38.5 Å². The van der Waals surface area contributed by atoms with E-state index in [0.717, 1.165) is 71.5 Å². The first-order valence-corrected chi connectivity index (χ1v) is 11.0. The quantitative estimate of drug-likeness (QED) is 0.744. The highest BCUT2D eigenvalue weighted by Crippen LogP contribution is 2.45. The van der Waals surface area contributed by atoms with Crippen LogP contribution < -0.4 is 16.3 Å². The van der Waals surface area contributed by atoms with Crippen LogP contribution in [0.25, 0.3) is 0 Å². The minimum atomic E-state index is -0.507. The Kier molecular flexibility index (Phi) is 6.08.